The highest BCUT2D eigenvalue weighted by Gasteiger charge is 2.52. The van der Waals surface area contributed by atoms with Crippen molar-refractivity contribution in [3.8, 4) is 0 Å². The Balaban J connectivity index is 1.35. The van der Waals surface area contributed by atoms with Crippen molar-refractivity contribution in [3.63, 3.8) is 0 Å². The Bertz CT molecular complexity index is 1350. The summed E-state index contributed by atoms with van der Waals surface area (Å²) in [5.74, 6) is -3.02. The number of nitrogens with zero attached hydrogens (tertiary/aromatic N) is 2. The first-order chi connectivity index (χ1) is 22.9. The highest BCUT2D eigenvalue weighted by atomic mass is 16.2. The monoisotopic (exact) mass is 667 g/mol. The van der Waals surface area contributed by atoms with Crippen LogP contribution in [0, 0.1) is 23.2 Å². The van der Waals surface area contributed by atoms with Crippen molar-refractivity contribution in [2.24, 2.45) is 23.2 Å². The summed E-state index contributed by atoms with van der Waals surface area (Å²) in [6.07, 6.45) is 12.7. The number of nitrogens with one attached hydrogen (secondary N) is 5. The topological polar surface area (TPSA) is 182 Å². The number of H-pyrrole nitrogens is 1. The van der Waals surface area contributed by atoms with Gasteiger partial charge in [0.05, 0.1) is 6.04 Å². The number of imidazole rings is 1. The molecule has 264 valence electrons. The van der Waals surface area contributed by atoms with E-state index in [9.17, 15) is 28.8 Å². The summed E-state index contributed by atoms with van der Waals surface area (Å²) in [7, 11) is 0. The van der Waals surface area contributed by atoms with Crippen LogP contribution in [-0.2, 0) is 24.0 Å². The quantitative estimate of drug-likeness (QED) is 0.200. The van der Waals surface area contributed by atoms with Gasteiger partial charge in [0.25, 0.3) is 11.8 Å². The van der Waals surface area contributed by atoms with Crippen molar-refractivity contribution < 1.29 is 28.8 Å². The summed E-state index contributed by atoms with van der Waals surface area (Å²) in [5, 5.41) is 11.5. The van der Waals surface area contributed by atoms with Gasteiger partial charge in [0.15, 0.2) is 5.82 Å². The number of Topliss-reactive ketones (excluding diaryl/α,β-unsaturated/α-hetero) is 1. The lowest BCUT2D eigenvalue weighted by Crippen LogP contribution is -2.62. The lowest BCUT2D eigenvalue weighted by molar-refractivity contribution is -0.146. The van der Waals surface area contributed by atoms with Gasteiger partial charge in [-0.05, 0) is 68.1 Å². The Morgan fingerprint density at radius 2 is 1.67 bits per heavy atom. The lowest BCUT2D eigenvalue weighted by atomic mass is 9.82. The Labute approximate surface area is 282 Å². The minimum atomic E-state index is -0.983. The molecule has 0 aromatic carbocycles. The summed E-state index contributed by atoms with van der Waals surface area (Å²) in [5.41, 5.74) is -0.727. The number of likely N-dealkylation sites (tertiary alicyclic amines) is 1. The van der Waals surface area contributed by atoms with Crippen molar-refractivity contribution in [1.82, 2.24) is 36.1 Å². The molecule has 1 aromatic heterocycles. The van der Waals surface area contributed by atoms with E-state index < -0.39 is 59.0 Å². The molecular weight excluding hydrogens is 614 g/mol. The zero-order chi connectivity index (χ0) is 34.6. The van der Waals surface area contributed by atoms with Crippen molar-refractivity contribution in [3.05, 3.63) is 18.2 Å². The molecule has 2 heterocycles. The molecule has 1 aromatic rings. The van der Waals surface area contributed by atoms with Crippen LogP contribution in [0.25, 0.3) is 0 Å². The van der Waals surface area contributed by atoms with E-state index in [0.717, 1.165) is 64.2 Å². The van der Waals surface area contributed by atoms with Gasteiger partial charge in [-0.1, -0.05) is 59.8 Å². The third-order valence-corrected chi connectivity index (χ3v) is 10.6. The first kappa shape index (κ1) is 35.5. The normalized spacial score (nSPS) is 24.6. The van der Waals surface area contributed by atoms with Gasteiger partial charge in [-0.25, -0.2) is 4.98 Å². The van der Waals surface area contributed by atoms with E-state index in [-0.39, 0.29) is 35.5 Å². The van der Waals surface area contributed by atoms with Crippen LogP contribution >= 0.6 is 0 Å². The predicted octanol–water partition coefficient (Wildman–Crippen LogP) is 2.38. The van der Waals surface area contributed by atoms with E-state index in [1.807, 2.05) is 27.7 Å². The Kier molecular flexibility index (Phi) is 11.2. The first-order valence-corrected chi connectivity index (χ1v) is 17.9. The third kappa shape index (κ3) is 8.26. The van der Waals surface area contributed by atoms with E-state index in [2.05, 4.69) is 31.2 Å². The van der Waals surface area contributed by atoms with Gasteiger partial charge in [-0.15, -0.1) is 0 Å². The molecule has 1 saturated heterocycles. The molecule has 0 spiro atoms. The van der Waals surface area contributed by atoms with Gasteiger partial charge in [-0.3, -0.25) is 28.8 Å². The number of amides is 5. The largest absolute Gasteiger partial charge is 0.347 e. The summed E-state index contributed by atoms with van der Waals surface area (Å²) < 4.78 is 0. The number of aromatic amines is 1. The van der Waals surface area contributed by atoms with Crippen molar-refractivity contribution >= 4 is 35.3 Å². The molecule has 2 unspecified atom stereocenters. The van der Waals surface area contributed by atoms with Crippen LogP contribution in [0.15, 0.2) is 12.4 Å². The number of hydrogen-bond donors (Lipinski definition) is 5. The number of hydrogen-bond acceptors (Lipinski definition) is 7. The maximum absolute atomic E-state index is 14.6. The minimum Gasteiger partial charge on any atom is -0.347 e. The first-order valence-electron chi connectivity index (χ1n) is 17.9. The second kappa shape index (κ2) is 15.2. The average molecular weight is 668 g/mol. The Morgan fingerprint density at radius 3 is 2.29 bits per heavy atom. The molecule has 3 aliphatic carbocycles. The predicted molar refractivity (Wildman–Crippen MR) is 177 cm³/mol. The van der Waals surface area contributed by atoms with Crippen molar-refractivity contribution in [2.75, 3.05) is 6.54 Å². The summed E-state index contributed by atoms with van der Waals surface area (Å²) in [4.78, 5) is 89.9. The number of carbonyl (C=O) groups is 6. The SMILES string of the molecule is CCC[C@H](NC(=O)[C@@H]1C2CCCC2CN1C(=O)[C@@H](NC(=O)[C@@H](NC(=O)c1ncc[nH]1)C1CCCCC1)C(C)(C)C)C(=O)C(=O)NC1CC1. The van der Waals surface area contributed by atoms with E-state index in [1.54, 1.807) is 11.1 Å². The highest BCUT2D eigenvalue weighted by molar-refractivity contribution is 6.38. The molecule has 13 nitrogen and oxygen atoms in total. The van der Waals surface area contributed by atoms with Gasteiger partial charge in [0.2, 0.25) is 23.5 Å². The second-order valence-corrected chi connectivity index (χ2v) is 15.3. The molecule has 1 aliphatic heterocycles. The standard InChI is InChI=1S/C35H53N7O6/c1-5-10-24(27(43)32(46)38-22-15-16-22)39-31(45)26-23-14-9-13-21(23)19-42(26)34(48)28(35(2,3)4)41-30(44)25(20-11-7-6-8-12-20)40-33(47)29-36-17-18-37-29/h17-18,20-26,28H,5-16,19H2,1-4H3,(H,36,37)(H,38,46)(H,39,45)(H,40,47)(H,41,44)/t21?,23?,24-,25-,26-,28+/m0/s1. The number of carbonyl (C=O) groups excluding carboxylic acids is 6. The van der Waals surface area contributed by atoms with E-state index >= 15 is 0 Å². The summed E-state index contributed by atoms with van der Waals surface area (Å²) in [6.45, 7) is 7.87. The summed E-state index contributed by atoms with van der Waals surface area (Å²) >= 11 is 0. The maximum atomic E-state index is 14.6. The minimum absolute atomic E-state index is 0.0160. The van der Waals surface area contributed by atoms with Crippen molar-refractivity contribution in [1.29, 1.82) is 0 Å². The molecular formula is C35H53N7O6. The Hall–Kier alpha value is -3.77. The molecule has 5 amide bonds. The molecule has 48 heavy (non-hydrogen) atoms. The fourth-order valence-corrected chi connectivity index (χ4v) is 7.84. The van der Waals surface area contributed by atoms with Crippen LogP contribution in [0.1, 0.15) is 115 Å². The molecule has 3 saturated carbocycles. The zero-order valence-corrected chi connectivity index (χ0v) is 28.8. The van der Waals surface area contributed by atoms with Crippen molar-refractivity contribution in [2.45, 2.75) is 135 Å². The number of ketones is 1. The maximum Gasteiger partial charge on any atom is 0.289 e. The van der Waals surface area contributed by atoms with Crippen LogP contribution in [-0.4, -0.2) is 86.9 Å². The highest BCUT2D eigenvalue weighted by Crippen LogP contribution is 2.43. The second-order valence-electron chi connectivity index (χ2n) is 15.3. The lowest BCUT2D eigenvalue weighted by Gasteiger charge is -2.38. The van der Waals surface area contributed by atoms with E-state index in [1.165, 1.54) is 6.20 Å². The number of aromatic nitrogens is 2. The zero-order valence-electron chi connectivity index (χ0n) is 28.8. The number of fused-ring (bicyclic) bond motifs is 1. The molecule has 4 aliphatic rings. The smallest absolute Gasteiger partial charge is 0.289 e. The van der Waals surface area contributed by atoms with Crippen LogP contribution in [0.2, 0.25) is 0 Å². The van der Waals surface area contributed by atoms with E-state index in [4.69, 9.17) is 0 Å². The van der Waals surface area contributed by atoms with Gasteiger partial charge < -0.3 is 31.2 Å². The van der Waals surface area contributed by atoms with Gasteiger partial charge in [0.1, 0.15) is 18.1 Å². The fourth-order valence-electron chi connectivity index (χ4n) is 7.84. The molecule has 5 N–H and O–H groups in total. The van der Waals surface area contributed by atoms with Crippen LogP contribution < -0.4 is 21.3 Å². The molecule has 0 bridgehead atoms. The number of rotatable bonds is 13. The average Bonchev–Trinajstić information content (AvgIpc) is 3.40. The molecule has 4 fully saturated rings. The van der Waals surface area contributed by atoms with Crippen LogP contribution in [0.3, 0.4) is 0 Å². The molecule has 13 heteroatoms. The molecule has 0 radical (unpaired) electrons. The third-order valence-electron chi connectivity index (χ3n) is 10.6. The van der Waals surface area contributed by atoms with Crippen LogP contribution in [0.4, 0.5) is 0 Å². The Morgan fingerprint density at radius 1 is 0.938 bits per heavy atom. The van der Waals surface area contributed by atoms with Crippen LogP contribution in [0.5, 0.6) is 0 Å². The van der Waals surface area contributed by atoms with Gasteiger partial charge >= 0.3 is 0 Å². The summed E-state index contributed by atoms with van der Waals surface area (Å²) in [6, 6.07) is -3.63. The van der Waals surface area contributed by atoms with Gasteiger partial charge in [-0.2, -0.15) is 0 Å². The molecule has 5 rings (SSSR count). The van der Waals surface area contributed by atoms with E-state index in [0.29, 0.717) is 19.4 Å². The van der Waals surface area contributed by atoms with Gasteiger partial charge in [0, 0.05) is 25.0 Å². The fraction of sp³-hybridized carbons (Fsp3) is 0.743. The molecule has 6 atom stereocenters.